The summed E-state index contributed by atoms with van der Waals surface area (Å²) in [5, 5.41) is 8.06. The Balaban J connectivity index is 0.000000433. The number of aliphatic hydroxyl groups is 1. The minimum Gasteiger partial charge on any atom is -0.394 e. The van der Waals surface area contributed by atoms with E-state index in [0.717, 1.165) is 0 Å². The molecule has 22 heavy (non-hydrogen) atoms. The first-order valence-corrected chi connectivity index (χ1v) is 7.21. The minimum absolute atomic E-state index is 0.0299. The summed E-state index contributed by atoms with van der Waals surface area (Å²) in [4.78, 5) is 47.7. The molecule has 1 amide bonds. The van der Waals surface area contributed by atoms with E-state index in [-0.39, 0.29) is 17.3 Å². The lowest BCUT2D eigenvalue weighted by atomic mass is 10.2. The van der Waals surface area contributed by atoms with Crippen molar-refractivity contribution in [2.24, 2.45) is 11.5 Å². The monoisotopic (exact) mass is 334 g/mol. The number of amides is 1. The number of rotatable bonds is 5. The van der Waals surface area contributed by atoms with E-state index in [9.17, 15) is 18.9 Å². The summed E-state index contributed by atoms with van der Waals surface area (Å²) < 4.78 is 14.5. The van der Waals surface area contributed by atoms with Gasteiger partial charge in [0.05, 0.1) is 11.9 Å². The predicted molar refractivity (Wildman–Crippen MR) is 73.9 cm³/mol. The number of benzene rings is 1. The molecular formula is C11H15N2O8P. The van der Waals surface area contributed by atoms with E-state index < -0.39 is 32.1 Å². The van der Waals surface area contributed by atoms with Crippen molar-refractivity contribution < 1.29 is 38.6 Å². The smallest absolute Gasteiger partial charge is 0.356 e. The second-order valence-electron chi connectivity index (χ2n) is 3.78. The highest BCUT2D eigenvalue weighted by atomic mass is 31.2. The van der Waals surface area contributed by atoms with Gasteiger partial charge in [-0.3, -0.25) is 14.2 Å². The van der Waals surface area contributed by atoms with Gasteiger partial charge in [0, 0.05) is 5.56 Å². The van der Waals surface area contributed by atoms with Crippen LogP contribution in [0.15, 0.2) is 24.3 Å². The molecule has 7 N–H and O–H groups in total. The van der Waals surface area contributed by atoms with Gasteiger partial charge in [0.15, 0.2) is 0 Å². The van der Waals surface area contributed by atoms with E-state index >= 15 is 0 Å². The van der Waals surface area contributed by atoms with Crippen molar-refractivity contribution in [3.05, 3.63) is 29.8 Å². The lowest BCUT2D eigenvalue weighted by Gasteiger charge is -2.03. The van der Waals surface area contributed by atoms with Gasteiger partial charge in [0.1, 0.15) is 6.04 Å². The third-order valence-corrected chi connectivity index (χ3v) is 3.12. The van der Waals surface area contributed by atoms with E-state index in [1.807, 2.05) is 0 Å². The summed E-state index contributed by atoms with van der Waals surface area (Å²) in [5.74, 6) is -1.55. The molecule has 0 aliphatic heterocycles. The Bertz CT molecular complexity index is 568. The quantitative estimate of drug-likeness (QED) is 0.169. The maximum absolute atomic E-state index is 10.7. The van der Waals surface area contributed by atoms with Gasteiger partial charge in [-0.25, -0.2) is 4.79 Å². The van der Waals surface area contributed by atoms with Crippen molar-refractivity contribution in [3.63, 3.8) is 0 Å². The van der Waals surface area contributed by atoms with Crippen molar-refractivity contribution >= 4 is 31.2 Å². The molecule has 0 unspecified atom stereocenters. The summed E-state index contributed by atoms with van der Waals surface area (Å²) in [6.45, 7) is -0.551. The topological polar surface area (TPSA) is 190 Å². The predicted octanol–water partition coefficient (Wildman–Crippen LogP) is -2.41. The fraction of sp³-hybridized carbons (Fsp3) is 0.182. The zero-order valence-corrected chi connectivity index (χ0v) is 12.1. The fourth-order valence-electron chi connectivity index (χ4n) is 1.03. The third kappa shape index (κ3) is 7.07. The number of ether oxygens (including phenoxy) is 1. The van der Waals surface area contributed by atoms with Crippen LogP contribution in [-0.2, 0) is 18.9 Å². The molecule has 1 aromatic carbocycles. The zero-order valence-electron chi connectivity index (χ0n) is 11.2. The Morgan fingerprint density at radius 2 is 1.77 bits per heavy atom. The SMILES string of the molecule is NC(=O)c1ccc(P(=O)(O)O)cc1.N[C@@H](CO)C(=O)OC=O. The number of aliphatic hydroxyl groups excluding tert-OH is 1. The molecule has 11 heteroatoms. The standard InChI is InChI=1S/C7H8NO4P.C4H7NO4/c8-7(9)5-1-3-6(4-2-5)13(10,11)12;5-3(1-6)4(8)9-2-7/h1-4H,(H2,8,9)(H2,10,11,12);2-3,6H,1,5H2/t;3-/m.0/s1. The molecule has 0 bridgehead atoms. The van der Waals surface area contributed by atoms with Crippen molar-refractivity contribution in [3.8, 4) is 0 Å². The first-order valence-electron chi connectivity index (χ1n) is 5.60. The zero-order chi connectivity index (χ0) is 17.3. The van der Waals surface area contributed by atoms with Gasteiger partial charge < -0.3 is 31.1 Å². The number of hydrogen-bond donors (Lipinski definition) is 5. The van der Waals surface area contributed by atoms with Gasteiger partial charge in [-0.05, 0) is 24.3 Å². The summed E-state index contributed by atoms with van der Waals surface area (Å²) in [7, 11) is -4.22. The normalized spacial score (nSPS) is 11.6. The Kier molecular flexibility index (Phi) is 8.17. The summed E-state index contributed by atoms with van der Waals surface area (Å²) in [5.41, 5.74) is 10.1. The molecule has 0 aliphatic rings. The van der Waals surface area contributed by atoms with Crippen molar-refractivity contribution in [2.45, 2.75) is 6.04 Å². The molecule has 1 rings (SSSR count). The van der Waals surface area contributed by atoms with E-state index in [4.69, 9.17) is 26.4 Å². The number of carbonyl (C=O) groups is 3. The second kappa shape index (κ2) is 9.03. The number of esters is 1. The van der Waals surface area contributed by atoms with Gasteiger partial charge in [-0.2, -0.15) is 0 Å². The lowest BCUT2D eigenvalue weighted by molar-refractivity contribution is -0.153. The van der Waals surface area contributed by atoms with E-state index in [0.29, 0.717) is 0 Å². The molecule has 0 aliphatic carbocycles. The van der Waals surface area contributed by atoms with Crippen molar-refractivity contribution in [1.29, 1.82) is 0 Å². The van der Waals surface area contributed by atoms with E-state index in [1.54, 1.807) is 0 Å². The Labute approximate surface area is 124 Å². The molecule has 0 saturated carbocycles. The first-order chi connectivity index (χ1) is 10.1. The van der Waals surface area contributed by atoms with Gasteiger partial charge in [0.25, 0.3) is 0 Å². The third-order valence-electron chi connectivity index (χ3n) is 2.15. The van der Waals surface area contributed by atoms with Crippen LogP contribution in [0.2, 0.25) is 0 Å². The van der Waals surface area contributed by atoms with E-state index in [2.05, 4.69) is 4.74 Å². The largest absolute Gasteiger partial charge is 0.394 e. The van der Waals surface area contributed by atoms with Gasteiger partial charge in [0.2, 0.25) is 5.91 Å². The van der Waals surface area contributed by atoms with Crippen LogP contribution >= 0.6 is 7.60 Å². The van der Waals surface area contributed by atoms with Crippen LogP contribution in [0.5, 0.6) is 0 Å². The second-order valence-corrected chi connectivity index (χ2v) is 5.38. The fourth-order valence-corrected chi connectivity index (χ4v) is 1.57. The lowest BCUT2D eigenvalue weighted by Crippen LogP contribution is -2.35. The maximum Gasteiger partial charge on any atom is 0.356 e. The highest BCUT2D eigenvalue weighted by Crippen LogP contribution is 2.32. The van der Waals surface area contributed by atoms with Crippen LogP contribution in [0.25, 0.3) is 0 Å². The van der Waals surface area contributed by atoms with Crippen LogP contribution in [-0.4, -0.2) is 45.9 Å². The van der Waals surface area contributed by atoms with Gasteiger partial charge in [-0.15, -0.1) is 0 Å². The number of primary amides is 1. The summed E-state index contributed by atoms with van der Waals surface area (Å²) in [6.07, 6.45) is 0. The molecule has 0 fully saturated rings. The first kappa shape index (κ1) is 19.9. The van der Waals surface area contributed by atoms with Crippen LogP contribution in [0, 0.1) is 0 Å². The number of nitrogens with two attached hydrogens (primary N) is 2. The molecule has 1 atom stereocenters. The van der Waals surface area contributed by atoms with Crippen LogP contribution in [0.4, 0.5) is 0 Å². The van der Waals surface area contributed by atoms with E-state index in [1.165, 1.54) is 24.3 Å². The average Bonchev–Trinajstić information content (AvgIpc) is 2.46. The summed E-state index contributed by atoms with van der Waals surface area (Å²) >= 11 is 0. The molecule has 0 radical (unpaired) electrons. The van der Waals surface area contributed by atoms with Crippen LogP contribution < -0.4 is 16.8 Å². The minimum atomic E-state index is -4.22. The molecule has 0 heterocycles. The molecule has 10 nitrogen and oxygen atoms in total. The Morgan fingerprint density at radius 1 is 1.27 bits per heavy atom. The maximum atomic E-state index is 10.7. The van der Waals surface area contributed by atoms with Crippen LogP contribution in [0.1, 0.15) is 10.4 Å². The van der Waals surface area contributed by atoms with Crippen LogP contribution in [0.3, 0.4) is 0 Å². The molecule has 0 saturated heterocycles. The van der Waals surface area contributed by atoms with Crippen molar-refractivity contribution in [1.82, 2.24) is 0 Å². The molecule has 0 spiro atoms. The molecule has 1 aromatic rings. The van der Waals surface area contributed by atoms with Gasteiger partial charge >= 0.3 is 20.0 Å². The molecule has 122 valence electrons. The highest BCUT2D eigenvalue weighted by Gasteiger charge is 2.16. The highest BCUT2D eigenvalue weighted by molar-refractivity contribution is 7.60. The molecular weight excluding hydrogens is 319 g/mol. The molecule has 0 aromatic heterocycles. The average molecular weight is 334 g/mol. The number of hydrogen-bond acceptors (Lipinski definition) is 7. The Hall–Kier alpha value is -2.10. The van der Waals surface area contributed by atoms with Gasteiger partial charge in [-0.1, -0.05) is 0 Å². The Morgan fingerprint density at radius 3 is 2.09 bits per heavy atom. The summed E-state index contributed by atoms with van der Waals surface area (Å²) in [6, 6.07) is 3.80. The van der Waals surface area contributed by atoms with Crippen molar-refractivity contribution in [2.75, 3.05) is 6.61 Å². The number of carbonyl (C=O) groups excluding carboxylic acids is 3.